The number of benzene rings is 1. The zero-order valence-corrected chi connectivity index (χ0v) is 10.9. The van der Waals surface area contributed by atoms with Gasteiger partial charge in [-0.2, -0.15) is 0 Å². The highest BCUT2D eigenvalue weighted by Gasteiger charge is 2.15. The second-order valence-corrected chi connectivity index (χ2v) is 3.96. The molecule has 0 unspecified atom stereocenters. The van der Waals surface area contributed by atoms with Crippen LogP contribution < -0.4 is 16.2 Å². The van der Waals surface area contributed by atoms with Gasteiger partial charge in [0.1, 0.15) is 17.3 Å². The van der Waals surface area contributed by atoms with Gasteiger partial charge < -0.3 is 20.9 Å². The topological polar surface area (TPSA) is 118 Å². The van der Waals surface area contributed by atoms with E-state index in [-0.39, 0.29) is 17.2 Å². The van der Waals surface area contributed by atoms with Crippen molar-refractivity contribution in [3.05, 3.63) is 47.8 Å². The van der Waals surface area contributed by atoms with Crippen molar-refractivity contribution in [2.24, 2.45) is 5.73 Å². The summed E-state index contributed by atoms with van der Waals surface area (Å²) in [6.07, 6.45) is -0.131. The molecule has 0 fully saturated rings. The summed E-state index contributed by atoms with van der Waals surface area (Å²) in [6, 6.07) is 4.35. The Labute approximate surface area is 122 Å². The number of carbonyl (C=O) groups excluding carboxylic acids is 2. The molecule has 0 atom stereocenters. The highest BCUT2D eigenvalue weighted by atomic mass is 19.1. The number of amides is 1. The predicted octanol–water partition coefficient (Wildman–Crippen LogP) is 1.97. The fourth-order valence-corrected chi connectivity index (χ4v) is 1.49. The number of esters is 1. The minimum Gasteiger partial charge on any atom is -0.454 e. The van der Waals surface area contributed by atoms with Gasteiger partial charge in [0.15, 0.2) is 17.3 Å². The van der Waals surface area contributed by atoms with E-state index in [9.17, 15) is 18.4 Å². The monoisotopic (exact) mass is 309 g/mol. The maximum Gasteiger partial charge on any atom is 0.412 e. The van der Waals surface area contributed by atoms with Crippen LogP contribution >= 0.6 is 0 Å². The van der Waals surface area contributed by atoms with Crippen LogP contribution in [-0.4, -0.2) is 17.0 Å². The van der Waals surface area contributed by atoms with E-state index in [1.165, 1.54) is 6.07 Å². The summed E-state index contributed by atoms with van der Waals surface area (Å²) in [7, 11) is 0. The number of halogens is 2. The Morgan fingerprint density at radius 1 is 1.18 bits per heavy atom. The van der Waals surface area contributed by atoms with Crippen molar-refractivity contribution in [1.82, 2.24) is 4.98 Å². The lowest BCUT2D eigenvalue weighted by molar-refractivity contribution is 0.0631. The third-order valence-corrected chi connectivity index (χ3v) is 2.45. The molecule has 1 aromatic carbocycles. The molecule has 1 amide bonds. The Morgan fingerprint density at radius 2 is 1.91 bits per heavy atom. The summed E-state index contributed by atoms with van der Waals surface area (Å²) in [5, 5.41) is 0. The van der Waals surface area contributed by atoms with Gasteiger partial charge in [0.25, 0.3) is 0 Å². The fourth-order valence-electron chi connectivity index (χ4n) is 1.49. The molecule has 4 N–H and O–H groups in total. The Kier molecular flexibility index (Phi) is 4.16. The third-order valence-electron chi connectivity index (χ3n) is 2.45. The SMILES string of the molecule is NC(=O)OC(=O)c1cc(Oc2ccc(F)c(N)c2F)ccn1. The van der Waals surface area contributed by atoms with Crippen LogP contribution in [0.5, 0.6) is 11.5 Å². The zero-order valence-electron chi connectivity index (χ0n) is 10.9. The molecule has 0 spiro atoms. The minimum absolute atomic E-state index is 0.00340. The van der Waals surface area contributed by atoms with Crippen LogP contribution in [0.25, 0.3) is 0 Å². The molecule has 0 aliphatic rings. The molecule has 0 radical (unpaired) electrons. The lowest BCUT2D eigenvalue weighted by atomic mass is 10.2. The summed E-state index contributed by atoms with van der Waals surface area (Å²) in [5.74, 6) is -3.46. The molecular weight excluding hydrogens is 300 g/mol. The number of aromatic nitrogens is 1. The first-order valence-electron chi connectivity index (χ1n) is 5.77. The highest BCUT2D eigenvalue weighted by Crippen LogP contribution is 2.29. The molecule has 0 aliphatic carbocycles. The van der Waals surface area contributed by atoms with Crippen LogP contribution in [0.15, 0.2) is 30.5 Å². The average molecular weight is 309 g/mol. The van der Waals surface area contributed by atoms with E-state index in [1.807, 2.05) is 0 Å². The van der Waals surface area contributed by atoms with Gasteiger partial charge in [0.05, 0.1) is 0 Å². The normalized spacial score (nSPS) is 10.1. The first-order valence-corrected chi connectivity index (χ1v) is 5.77. The first-order chi connectivity index (χ1) is 10.4. The number of anilines is 1. The second-order valence-electron chi connectivity index (χ2n) is 3.96. The van der Waals surface area contributed by atoms with Gasteiger partial charge in [-0.1, -0.05) is 0 Å². The van der Waals surface area contributed by atoms with Gasteiger partial charge in [0.2, 0.25) is 0 Å². The summed E-state index contributed by atoms with van der Waals surface area (Å²) >= 11 is 0. The van der Waals surface area contributed by atoms with Gasteiger partial charge in [-0.05, 0) is 18.2 Å². The Hall–Kier alpha value is -3.23. The van der Waals surface area contributed by atoms with Gasteiger partial charge >= 0.3 is 12.1 Å². The maximum absolute atomic E-state index is 13.7. The van der Waals surface area contributed by atoms with Crippen LogP contribution in [0.4, 0.5) is 19.3 Å². The van der Waals surface area contributed by atoms with Crippen LogP contribution in [0.3, 0.4) is 0 Å². The van der Waals surface area contributed by atoms with Crippen molar-refractivity contribution in [2.75, 3.05) is 5.73 Å². The van der Waals surface area contributed by atoms with Crippen molar-refractivity contribution in [3.63, 3.8) is 0 Å². The fraction of sp³-hybridized carbons (Fsp3) is 0. The van der Waals surface area contributed by atoms with Crippen molar-refractivity contribution >= 4 is 17.7 Å². The molecule has 114 valence electrons. The molecule has 2 rings (SSSR count). The number of ether oxygens (including phenoxy) is 2. The second kappa shape index (κ2) is 6.04. The predicted molar refractivity (Wildman–Crippen MR) is 70.1 cm³/mol. The van der Waals surface area contributed by atoms with Gasteiger partial charge in [-0.15, -0.1) is 0 Å². The molecule has 0 aliphatic heterocycles. The van der Waals surface area contributed by atoms with Crippen LogP contribution in [0.1, 0.15) is 10.5 Å². The standard InChI is InChI=1S/C13H9F2N3O4/c14-7-1-2-9(10(15)11(7)16)21-6-3-4-18-8(5-6)12(19)22-13(17)20/h1-5H,16H2,(H2,17,20). The highest BCUT2D eigenvalue weighted by molar-refractivity contribution is 5.94. The zero-order chi connectivity index (χ0) is 16.3. The first kappa shape index (κ1) is 15.2. The Balaban J connectivity index is 2.26. The number of carbonyl (C=O) groups is 2. The van der Waals surface area contributed by atoms with Gasteiger partial charge in [-0.25, -0.2) is 23.4 Å². The van der Waals surface area contributed by atoms with Crippen molar-refractivity contribution in [3.8, 4) is 11.5 Å². The Bertz CT molecular complexity index is 752. The van der Waals surface area contributed by atoms with Crippen molar-refractivity contribution < 1.29 is 27.8 Å². The van der Waals surface area contributed by atoms with E-state index < -0.39 is 29.4 Å². The number of primary amides is 1. The number of nitrogens with zero attached hydrogens (tertiary/aromatic N) is 1. The van der Waals surface area contributed by atoms with Crippen LogP contribution in [0.2, 0.25) is 0 Å². The number of rotatable bonds is 3. The van der Waals surface area contributed by atoms with E-state index in [0.717, 1.165) is 24.4 Å². The summed E-state index contributed by atoms with van der Waals surface area (Å²) in [6.45, 7) is 0. The minimum atomic E-state index is -1.30. The van der Waals surface area contributed by atoms with E-state index >= 15 is 0 Å². The smallest absolute Gasteiger partial charge is 0.412 e. The number of pyridine rings is 1. The van der Waals surface area contributed by atoms with Crippen molar-refractivity contribution in [1.29, 1.82) is 0 Å². The molecule has 0 saturated carbocycles. The van der Waals surface area contributed by atoms with Gasteiger partial charge in [0, 0.05) is 12.3 Å². The summed E-state index contributed by atoms with van der Waals surface area (Å²) in [4.78, 5) is 25.6. The molecule has 1 heterocycles. The van der Waals surface area contributed by atoms with Crippen molar-refractivity contribution in [2.45, 2.75) is 0 Å². The molecule has 7 nitrogen and oxygen atoms in total. The molecular formula is C13H9F2N3O4. The number of hydrogen-bond donors (Lipinski definition) is 2. The van der Waals surface area contributed by atoms with Gasteiger partial charge in [-0.3, -0.25) is 0 Å². The largest absolute Gasteiger partial charge is 0.454 e. The third kappa shape index (κ3) is 3.26. The number of hydrogen-bond acceptors (Lipinski definition) is 6. The molecule has 22 heavy (non-hydrogen) atoms. The maximum atomic E-state index is 13.7. The lowest BCUT2D eigenvalue weighted by Gasteiger charge is -2.09. The number of nitrogen functional groups attached to an aromatic ring is 1. The van der Waals surface area contributed by atoms with E-state index in [1.54, 1.807) is 0 Å². The van der Waals surface area contributed by atoms with Crippen LogP contribution in [0, 0.1) is 11.6 Å². The lowest BCUT2D eigenvalue weighted by Crippen LogP contribution is -2.19. The van der Waals surface area contributed by atoms with Crippen LogP contribution in [-0.2, 0) is 4.74 Å². The summed E-state index contributed by atoms with van der Waals surface area (Å²) < 4.78 is 36.1. The van der Waals surface area contributed by atoms with E-state index in [4.69, 9.17) is 16.2 Å². The molecule has 1 aromatic heterocycles. The molecule has 9 heteroatoms. The molecule has 0 bridgehead atoms. The number of nitrogens with two attached hydrogens (primary N) is 2. The molecule has 0 saturated heterocycles. The quantitative estimate of drug-likeness (QED) is 0.508. The molecule has 2 aromatic rings. The average Bonchev–Trinajstić information content (AvgIpc) is 2.47. The van der Waals surface area contributed by atoms with E-state index in [2.05, 4.69) is 9.72 Å². The Morgan fingerprint density at radius 3 is 2.59 bits per heavy atom. The summed E-state index contributed by atoms with van der Waals surface area (Å²) in [5.41, 5.74) is 8.92. The van der Waals surface area contributed by atoms with E-state index in [0.29, 0.717) is 0 Å².